The van der Waals surface area contributed by atoms with Gasteiger partial charge in [0.05, 0.1) is 4.90 Å². The Morgan fingerprint density at radius 3 is 2.38 bits per heavy atom. The largest absolute Gasteiger partial charge is 0.313 e. The Morgan fingerprint density at radius 1 is 1.10 bits per heavy atom. The highest BCUT2D eigenvalue weighted by atomic mass is 32.2. The molecule has 0 bridgehead atoms. The van der Waals surface area contributed by atoms with E-state index in [4.69, 9.17) is 0 Å². The molecule has 112 valence electrons. The van der Waals surface area contributed by atoms with E-state index in [2.05, 4.69) is 10.0 Å². The van der Waals surface area contributed by atoms with E-state index in [1.54, 1.807) is 18.2 Å². The van der Waals surface area contributed by atoms with Crippen LogP contribution in [0.4, 0.5) is 10.1 Å². The molecule has 6 heteroatoms. The number of benzene rings is 2. The van der Waals surface area contributed by atoms with Crippen LogP contribution >= 0.6 is 0 Å². The molecule has 0 spiro atoms. The summed E-state index contributed by atoms with van der Waals surface area (Å²) in [5.74, 6) is -0.473. The van der Waals surface area contributed by atoms with Gasteiger partial charge in [-0.25, -0.2) is 12.8 Å². The van der Waals surface area contributed by atoms with E-state index in [9.17, 15) is 12.8 Å². The van der Waals surface area contributed by atoms with Gasteiger partial charge in [-0.2, -0.15) is 0 Å². The van der Waals surface area contributed by atoms with Crippen LogP contribution in [0.3, 0.4) is 0 Å². The van der Waals surface area contributed by atoms with E-state index < -0.39 is 15.8 Å². The molecular weight excluding hydrogens is 291 g/mol. The van der Waals surface area contributed by atoms with E-state index in [0.717, 1.165) is 17.7 Å². The number of sulfonamides is 1. The van der Waals surface area contributed by atoms with Crippen molar-refractivity contribution in [3.05, 3.63) is 59.9 Å². The van der Waals surface area contributed by atoms with Crippen molar-refractivity contribution in [2.75, 3.05) is 11.8 Å². The average molecular weight is 308 g/mol. The normalized spacial score (nSPS) is 12.9. The number of nitrogens with one attached hydrogen (secondary N) is 2. The second-order valence-corrected chi connectivity index (χ2v) is 6.38. The van der Waals surface area contributed by atoms with Gasteiger partial charge < -0.3 is 5.32 Å². The van der Waals surface area contributed by atoms with Crippen LogP contribution in [-0.2, 0) is 10.0 Å². The van der Waals surface area contributed by atoms with E-state index >= 15 is 0 Å². The van der Waals surface area contributed by atoms with Gasteiger partial charge in [0.1, 0.15) is 5.82 Å². The molecule has 2 aromatic rings. The van der Waals surface area contributed by atoms with E-state index in [1.165, 1.54) is 12.1 Å². The van der Waals surface area contributed by atoms with E-state index in [0.29, 0.717) is 5.69 Å². The second-order valence-electron chi connectivity index (χ2n) is 4.70. The molecule has 1 atom stereocenters. The number of halogens is 1. The van der Waals surface area contributed by atoms with Crippen molar-refractivity contribution in [2.24, 2.45) is 0 Å². The fraction of sp³-hybridized carbons (Fsp3) is 0.200. The Labute approximate surface area is 124 Å². The molecule has 0 aliphatic rings. The Balaban J connectivity index is 2.26. The summed E-state index contributed by atoms with van der Waals surface area (Å²) in [6.07, 6.45) is 0. The van der Waals surface area contributed by atoms with Crippen LogP contribution in [0.2, 0.25) is 0 Å². The van der Waals surface area contributed by atoms with Crippen LogP contribution < -0.4 is 10.0 Å². The van der Waals surface area contributed by atoms with Crippen LogP contribution in [0, 0.1) is 5.82 Å². The van der Waals surface area contributed by atoms with E-state index in [-0.39, 0.29) is 10.9 Å². The summed E-state index contributed by atoms with van der Waals surface area (Å²) in [4.78, 5) is 0.0240. The number of anilines is 1. The Bertz CT molecular complexity index is 715. The second kappa shape index (κ2) is 6.24. The summed E-state index contributed by atoms with van der Waals surface area (Å²) in [7, 11) is -1.88. The molecule has 0 aliphatic carbocycles. The molecule has 1 unspecified atom stereocenters. The van der Waals surface area contributed by atoms with Gasteiger partial charge in [-0.15, -0.1) is 0 Å². The predicted molar refractivity (Wildman–Crippen MR) is 81.1 cm³/mol. The summed E-state index contributed by atoms with van der Waals surface area (Å²) >= 11 is 0. The smallest absolute Gasteiger partial charge is 0.261 e. The third kappa shape index (κ3) is 3.80. The van der Waals surface area contributed by atoms with Crippen molar-refractivity contribution in [1.82, 2.24) is 5.32 Å². The number of hydrogen-bond donors (Lipinski definition) is 2. The maximum atomic E-state index is 12.9. The summed E-state index contributed by atoms with van der Waals surface area (Å²) in [6.45, 7) is 1.98. The van der Waals surface area contributed by atoms with Crippen molar-refractivity contribution >= 4 is 15.7 Å². The molecule has 0 aliphatic heterocycles. The number of rotatable bonds is 5. The molecule has 0 saturated carbocycles. The minimum Gasteiger partial charge on any atom is -0.313 e. The van der Waals surface area contributed by atoms with Crippen LogP contribution in [0.5, 0.6) is 0 Å². The summed E-state index contributed by atoms with van der Waals surface area (Å²) in [5.41, 5.74) is 1.44. The first-order valence-corrected chi connectivity index (χ1v) is 7.96. The monoisotopic (exact) mass is 308 g/mol. The molecule has 0 saturated heterocycles. The van der Waals surface area contributed by atoms with Crippen LogP contribution in [-0.4, -0.2) is 15.5 Å². The third-order valence-electron chi connectivity index (χ3n) is 3.20. The Kier molecular flexibility index (Phi) is 4.59. The maximum absolute atomic E-state index is 12.9. The predicted octanol–water partition coefficient (Wildman–Crippen LogP) is 2.91. The average Bonchev–Trinajstić information content (AvgIpc) is 2.46. The van der Waals surface area contributed by atoms with Crippen molar-refractivity contribution in [3.63, 3.8) is 0 Å². The first kappa shape index (κ1) is 15.5. The topological polar surface area (TPSA) is 58.2 Å². The molecule has 0 amide bonds. The fourth-order valence-corrected chi connectivity index (χ4v) is 2.92. The molecule has 0 heterocycles. The molecule has 4 nitrogen and oxygen atoms in total. The van der Waals surface area contributed by atoms with Gasteiger partial charge in [0.25, 0.3) is 10.0 Å². The lowest BCUT2D eigenvalue weighted by molar-refractivity contribution is 0.599. The fourth-order valence-electron chi connectivity index (χ4n) is 1.87. The molecule has 2 N–H and O–H groups in total. The molecule has 0 radical (unpaired) electrons. The summed E-state index contributed by atoms with van der Waals surface area (Å²) in [6, 6.07) is 12.0. The third-order valence-corrected chi connectivity index (χ3v) is 4.59. The van der Waals surface area contributed by atoms with E-state index in [1.807, 2.05) is 20.0 Å². The Morgan fingerprint density at radius 2 is 1.76 bits per heavy atom. The minimum atomic E-state index is -3.72. The molecule has 2 aromatic carbocycles. The van der Waals surface area contributed by atoms with Crippen LogP contribution in [0.25, 0.3) is 0 Å². The van der Waals surface area contributed by atoms with Gasteiger partial charge in [0, 0.05) is 11.7 Å². The standard InChI is InChI=1S/C15H17FN2O2S/c1-11(17-2)12-4-3-5-14(10-12)18-21(19,20)15-8-6-13(16)7-9-15/h3-11,17-18H,1-2H3. The first-order chi connectivity index (χ1) is 9.92. The lowest BCUT2D eigenvalue weighted by atomic mass is 10.1. The van der Waals surface area contributed by atoms with Gasteiger partial charge in [-0.1, -0.05) is 12.1 Å². The lowest BCUT2D eigenvalue weighted by Crippen LogP contribution is -2.15. The van der Waals surface area contributed by atoms with Crippen LogP contribution in [0.1, 0.15) is 18.5 Å². The van der Waals surface area contributed by atoms with Crippen molar-refractivity contribution in [1.29, 1.82) is 0 Å². The van der Waals surface area contributed by atoms with Gasteiger partial charge in [0.2, 0.25) is 0 Å². The Hall–Kier alpha value is -1.92. The SMILES string of the molecule is CNC(C)c1cccc(NS(=O)(=O)c2ccc(F)cc2)c1. The molecule has 21 heavy (non-hydrogen) atoms. The molecule has 0 fully saturated rings. The van der Waals surface area contributed by atoms with Crippen molar-refractivity contribution in [3.8, 4) is 0 Å². The summed E-state index contributed by atoms with van der Waals surface area (Å²) < 4.78 is 39.8. The molecular formula is C15H17FN2O2S. The zero-order valence-corrected chi connectivity index (χ0v) is 12.6. The van der Waals surface area contributed by atoms with Gasteiger partial charge >= 0.3 is 0 Å². The highest BCUT2D eigenvalue weighted by Crippen LogP contribution is 2.20. The number of hydrogen-bond acceptors (Lipinski definition) is 3. The summed E-state index contributed by atoms with van der Waals surface area (Å²) in [5, 5.41) is 3.09. The highest BCUT2D eigenvalue weighted by Gasteiger charge is 2.14. The quantitative estimate of drug-likeness (QED) is 0.893. The lowest BCUT2D eigenvalue weighted by Gasteiger charge is -2.13. The maximum Gasteiger partial charge on any atom is 0.261 e. The first-order valence-electron chi connectivity index (χ1n) is 6.48. The van der Waals surface area contributed by atoms with Gasteiger partial charge in [-0.3, -0.25) is 4.72 Å². The molecule has 0 aromatic heterocycles. The van der Waals surface area contributed by atoms with Gasteiger partial charge in [-0.05, 0) is 55.9 Å². The minimum absolute atomic E-state index is 0.0240. The van der Waals surface area contributed by atoms with Crippen molar-refractivity contribution < 1.29 is 12.8 Å². The van der Waals surface area contributed by atoms with Crippen LogP contribution in [0.15, 0.2) is 53.4 Å². The van der Waals surface area contributed by atoms with Crippen molar-refractivity contribution in [2.45, 2.75) is 17.9 Å². The molecule has 2 rings (SSSR count). The zero-order chi connectivity index (χ0) is 15.5. The highest BCUT2D eigenvalue weighted by molar-refractivity contribution is 7.92. The van der Waals surface area contributed by atoms with Gasteiger partial charge in [0.15, 0.2) is 0 Å². The zero-order valence-electron chi connectivity index (χ0n) is 11.8.